The highest BCUT2D eigenvalue weighted by atomic mass is 16.2. The summed E-state index contributed by atoms with van der Waals surface area (Å²) in [5, 5.41) is 3.93. The zero-order valence-electron chi connectivity index (χ0n) is 18.1. The number of rotatable bonds is 10. The van der Waals surface area contributed by atoms with Gasteiger partial charge in [0.05, 0.1) is 0 Å². The molecule has 4 unspecified atom stereocenters. The van der Waals surface area contributed by atoms with E-state index in [9.17, 15) is 4.79 Å². The highest BCUT2D eigenvalue weighted by Gasteiger charge is 2.48. The van der Waals surface area contributed by atoms with Gasteiger partial charge >= 0.3 is 0 Å². The Morgan fingerprint density at radius 2 is 1.64 bits per heavy atom. The van der Waals surface area contributed by atoms with Gasteiger partial charge in [-0.3, -0.25) is 4.79 Å². The van der Waals surface area contributed by atoms with E-state index in [2.05, 4.69) is 51.8 Å². The summed E-state index contributed by atoms with van der Waals surface area (Å²) in [5.74, 6) is 0.727. The van der Waals surface area contributed by atoms with Crippen LogP contribution in [0.25, 0.3) is 0 Å². The molecule has 0 saturated carbocycles. The summed E-state index contributed by atoms with van der Waals surface area (Å²) < 4.78 is 0. The fourth-order valence-corrected chi connectivity index (χ4v) is 4.56. The van der Waals surface area contributed by atoms with Crippen molar-refractivity contribution < 1.29 is 4.79 Å². The van der Waals surface area contributed by atoms with Crippen LogP contribution < -0.4 is 5.32 Å². The third-order valence-electron chi connectivity index (χ3n) is 6.90. The second kappa shape index (κ2) is 9.94. The van der Waals surface area contributed by atoms with E-state index in [1.807, 2.05) is 0 Å². The molecule has 0 aromatic carbocycles. The van der Waals surface area contributed by atoms with Gasteiger partial charge in [0.25, 0.3) is 0 Å². The molecule has 3 nitrogen and oxygen atoms in total. The first kappa shape index (κ1) is 22.5. The normalized spacial score (nSPS) is 32.6. The Morgan fingerprint density at radius 1 is 1.04 bits per heavy atom. The predicted octanol–water partition coefficient (Wildman–Crippen LogP) is 5.53. The number of piperidine rings is 1. The van der Waals surface area contributed by atoms with Gasteiger partial charge in [0, 0.05) is 30.6 Å². The van der Waals surface area contributed by atoms with Crippen LogP contribution in [0, 0.1) is 5.92 Å². The zero-order chi connectivity index (χ0) is 19.1. The van der Waals surface area contributed by atoms with Gasteiger partial charge in [-0.05, 0) is 45.4 Å². The molecule has 1 fully saturated rings. The Kier molecular flexibility index (Phi) is 8.94. The molecule has 1 amide bonds. The number of amides is 1. The van der Waals surface area contributed by atoms with Crippen LogP contribution in [-0.4, -0.2) is 34.5 Å². The van der Waals surface area contributed by atoms with Gasteiger partial charge in [-0.2, -0.15) is 0 Å². The van der Waals surface area contributed by atoms with E-state index in [1.54, 1.807) is 6.92 Å². The maximum absolute atomic E-state index is 12.5. The number of hydrogen-bond acceptors (Lipinski definition) is 2. The average molecular weight is 353 g/mol. The molecular formula is C22H44N2O. The standard InChI is InChI=1S/C22H44N2O/c1-8-11-12-13-14-15-16-24(19(5)25)20-17-21(6,9-2)23-22(7,10-3)18(20)4/h18,20,23H,8-17H2,1-7H3. The quantitative estimate of drug-likeness (QED) is 0.524. The second-order valence-corrected chi connectivity index (χ2v) is 8.85. The Bertz CT molecular complexity index is 411. The van der Waals surface area contributed by atoms with Crippen molar-refractivity contribution in [2.45, 2.75) is 123 Å². The molecule has 0 aliphatic carbocycles. The van der Waals surface area contributed by atoms with Gasteiger partial charge in [-0.1, -0.05) is 59.8 Å². The summed E-state index contributed by atoms with van der Waals surface area (Å²) in [6.07, 6.45) is 10.9. The summed E-state index contributed by atoms with van der Waals surface area (Å²) in [7, 11) is 0. The SMILES string of the molecule is CCCCCCCCN(C(C)=O)C1CC(C)(CC)NC(C)(CC)C1C. The molecule has 3 heteroatoms. The average Bonchev–Trinajstić information content (AvgIpc) is 2.57. The number of carbonyl (C=O) groups excluding carboxylic acids is 1. The number of nitrogens with zero attached hydrogens (tertiary/aromatic N) is 1. The maximum Gasteiger partial charge on any atom is 0.219 e. The molecule has 0 aromatic rings. The summed E-state index contributed by atoms with van der Waals surface area (Å²) >= 11 is 0. The molecule has 0 spiro atoms. The molecule has 1 heterocycles. The van der Waals surface area contributed by atoms with Crippen molar-refractivity contribution in [3.63, 3.8) is 0 Å². The van der Waals surface area contributed by atoms with Crippen LogP contribution in [0.15, 0.2) is 0 Å². The molecule has 1 N–H and O–H groups in total. The molecular weight excluding hydrogens is 308 g/mol. The van der Waals surface area contributed by atoms with E-state index >= 15 is 0 Å². The van der Waals surface area contributed by atoms with Crippen LogP contribution in [0.3, 0.4) is 0 Å². The van der Waals surface area contributed by atoms with Crippen molar-refractivity contribution in [1.29, 1.82) is 0 Å². The minimum atomic E-state index is 0.0997. The molecule has 1 aliphatic heterocycles. The van der Waals surface area contributed by atoms with E-state index in [-0.39, 0.29) is 17.0 Å². The van der Waals surface area contributed by atoms with E-state index in [1.165, 1.54) is 32.1 Å². The minimum Gasteiger partial charge on any atom is -0.340 e. The fraction of sp³-hybridized carbons (Fsp3) is 0.955. The van der Waals surface area contributed by atoms with E-state index < -0.39 is 0 Å². The van der Waals surface area contributed by atoms with E-state index in [0.717, 1.165) is 32.2 Å². The molecule has 0 radical (unpaired) electrons. The van der Waals surface area contributed by atoms with Crippen LogP contribution in [0.4, 0.5) is 0 Å². The third-order valence-corrected chi connectivity index (χ3v) is 6.90. The molecule has 1 rings (SSSR count). The first-order valence-corrected chi connectivity index (χ1v) is 10.8. The Morgan fingerprint density at radius 3 is 2.16 bits per heavy atom. The lowest BCUT2D eigenvalue weighted by Crippen LogP contribution is -2.69. The summed E-state index contributed by atoms with van der Waals surface area (Å²) in [6.45, 7) is 16.5. The fourth-order valence-electron chi connectivity index (χ4n) is 4.56. The van der Waals surface area contributed by atoms with Crippen LogP contribution in [0.2, 0.25) is 0 Å². The minimum absolute atomic E-state index is 0.0997. The third kappa shape index (κ3) is 5.98. The van der Waals surface area contributed by atoms with Crippen molar-refractivity contribution in [3.05, 3.63) is 0 Å². The van der Waals surface area contributed by atoms with Crippen molar-refractivity contribution in [1.82, 2.24) is 10.2 Å². The van der Waals surface area contributed by atoms with E-state index in [4.69, 9.17) is 0 Å². The smallest absolute Gasteiger partial charge is 0.219 e. The van der Waals surface area contributed by atoms with Gasteiger partial charge < -0.3 is 10.2 Å². The first-order chi connectivity index (χ1) is 11.7. The zero-order valence-corrected chi connectivity index (χ0v) is 18.1. The van der Waals surface area contributed by atoms with Crippen molar-refractivity contribution in [2.75, 3.05) is 6.54 Å². The molecule has 4 atom stereocenters. The molecule has 1 saturated heterocycles. The predicted molar refractivity (Wildman–Crippen MR) is 109 cm³/mol. The van der Waals surface area contributed by atoms with Crippen molar-refractivity contribution in [2.24, 2.45) is 5.92 Å². The lowest BCUT2D eigenvalue weighted by molar-refractivity contribution is -0.135. The van der Waals surface area contributed by atoms with Gasteiger partial charge in [-0.25, -0.2) is 0 Å². The van der Waals surface area contributed by atoms with Gasteiger partial charge in [0.15, 0.2) is 0 Å². The number of nitrogens with one attached hydrogen (secondary N) is 1. The number of unbranched alkanes of at least 4 members (excludes halogenated alkanes) is 5. The molecule has 0 aromatic heterocycles. The first-order valence-electron chi connectivity index (χ1n) is 10.8. The molecule has 0 bridgehead atoms. The summed E-state index contributed by atoms with van der Waals surface area (Å²) in [4.78, 5) is 14.7. The second-order valence-electron chi connectivity index (χ2n) is 8.85. The van der Waals surface area contributed by atoms with Gasteiger partial charge in [0.1, 0.15) is 0 Å². The Balaban J connectivity index is 2.80. The van der Waals surface area contributed by atoms with E-state index in [0.29, 0.717) is 12.0 Å². The van der Waals surface area contributed by atoms with Crippen LogP contribution in [0.5, 0.6) is 0 Å². The summed E-state index contributed by atoms with van der Waals surface area (Å²) in [5.41, 5.74) is 0.221. The van der Waals surface area contributed by atoms with Gasteiger partial charge in [-0.15, -0.1) is 0 Å². The topological polar surface area (TPSA) is 32.3 Å². The lowest BCUT2D eigenvalue weighted by atomic mass is 9.68. The monoisotopic (exact) mass is 352 g/mol. The maximum atomic E-state index is 12.5. The van der Waals surface area contributed by atoms with Gasteiger partial charge in [0.2, 0.25) is 5.91 Å². The number of carbonyl (C=O) groups is 1. The molecule has 1 aliphatic rings. The summed E-state index contributed by atoms with van der Waals surface area (Å²) in [6, 6.07) is 0.351. The Labute approximate surface area is 157 Å². The molecule has 25 heavy (non-hydrogen) atoms. The lowest BCUT2D eigenvalue weighted by Gasteiger charge is -2.56. The highest BCUT2D eigenvalue weighted by molar-refractivity contribution is 5.73. The largest absolute Gasteiger partial charge is 0.340 e. The van der Waals surface area contributed by atoms with Crippen LogP contribution >= 0.6 is 0 Å². The van der Waals surface area contributed by atoms with Crippen LogP contribution in [-0.2, 0) is 4.79 Å². The number of hydrogen-bond donors (Lipinski definition) is 1. The highest BCUT2D eigenvalue weighted by Crippen LogP contribution is 2.39. The van der Waals surface area contributed by atoms with Crippen molar-refractivity contribution in [3.8, 4) is 0 Å². The van der Waals surface area contributed by atoms with Crippen molar-refractivity contribution >= 4 is 5.91 Å². The molecule has 148 valence electrons. The Hall–Kier alpha value is -0.570. The van der Waals surface area contributed by atoms with Crippen LogP contribution in [0.1, 0.15) is 106 Å².